The number of carbonyl (C=O) groups is 3. The van der Waals surface area contributed by atoms with Crippen LogP contribution in [0.2, 0.25) is 0 Å². The van der Waals surface area contributed by atoms with Crippen LogP contribution >= 0.6 is 0 Å². The Morgan fingerprint density at radius 3 is 2.23 bits per heavy atom. The van der Waals surface area contributed by atoms with Crippen molar-refractivity contribution in [1.29, 1.82) is 0 Å². The predicted molar refractivity (Wildman–Crippen MR) is 109 cm³/mol. The molecule has 0 aromatic rings. The summed E-state index contributed by atoms with van der Waals surface area (Å²) < 4.78 is 17.3. The van der Waals surface area contributed by atoms with Crippen LogP contribution in [0.15, 0.2) is 11.1 Å². The monoisotopic (exact) mass is 418 g/mol. The Bertz CT molecular complexity index is 826. The summed E-state index contributed by atoms with van der Waals surface area (Å²) in [5.41, 5.74) is 1.03. The molecule has 1 aliphatic heterocycles. The first-order valence-electron chi connectivity index (χ1n) is 11.1. The van der Waals surface area contributed by atoms with Crippen LogP contribution in [0.25, 0.3) is 0 Å². The lowest BCUT2D eigenvalue weighted by molar-refractivity contribution is -0.222. The van der Waals surface area contributed by atoms with Gasteiger partial charge in [-0.3, -0.25) is 9.59 Å². The summed E-state index contributed by atoms with van der Waals surface area (Å²) in [5, 5.41) is 0. The van der Waals surface area contributed by atoms with E-state index in [2.05, 4.69) is 27.7 Å². The number of esters is 3. The third kappa shape index (κ3) is 3.01. The Balaban J connectivity index is 1.90. The predicted octanol–water partition coefficient (Wildman–Crippen LogP) is 3.97. The largest absolute Gasteiger partial charge is 0.462 e. The van der Waals surface area contributed by atoms with Crippen molar-refractivity contribution in [3.63, 3.8) is 0 Å². The maximum atomic E-state index is 12.5. The molecule has 0 N–H and O–H groups in total. The molecular weight excluding hydrogens is 384 g/mol. The second-order valence-electron chi connectivity index (χ2n) is 11.0. The van der Waals surface area contributed by atoms with E-state index in [9.17, 15) is 14.4 Å². The van der Waals surface area contributed by atoms with Crippen molar-refractivity contribution in [1.82, 2.24) is 0 Å². The molecule has 4 aliphatic rings. The van der Waals surface area contributed by atoms with Crippen molar-refractivity contribution >= 4 is 17.9 Å². The van der Waals surface area contributed by atoms with E-state index in [-0.39, 0.29) is 59.4 Å². The van der Waals surface area contributed by atoms with Crippen molar-refractivity contribution in [3.05, 3.63) is 11.1 Å². The minimum atomic E-state index is -0.432. The minimum Gasteiger partial charge on any atom is -0.462 e. The summed E-state index contributed by atoms with van der Waals surface area (Å²) in [6.45, 7) is 12.2. The standard InChI is InChI=1S/C24H34O6/c1-13(25)29-17-10-15-16(12-28-21(15)27)24(6)11-18(30-14(2)26)19-22(3,4)8-7-9-23(19,5)20(17)24/h17-20H,7-12H2,1-6H3/t17-,18-,19-,20+,23-,24-/m0/s1. The van der Waals surface area contributed by atoms with E-state index in [0.717, 1.165) is 24.8 Å². The fourth-order valence-electron chi connectivity index (χ4n) is 8.06. The van der Waals surface area contributed by atoms with Gasteiger partial charge in [0, 0.05) is 43.1 Å². The molecule has 4 rings (SSSR count). The van der Waals surface area contributed by atoms with Crippen LogP contribution in [0.4, 0.5) is 0 Å². The van der Waals surface area contributed by atoms with Gasteiger partial charge >= 0.3 is 17.9 Å². The van der Waals surface area contributed by atoms with Crippen LogP contribution in [0.1, 0.15) is 73.6 Å². The average Bonchev–Trinajstić information content (AvgIpc) is 2.93. The summed E-state index contributed by atoms with van der Waals surface area (Å²) in [6, 6.07) is 0. The van der Waals surface area contributed by atoms with Crippen LogP contribution in [0.5, 0.6) is 0 Å². The molecule has 0 spiro atoms. The second kappa shape index (κ2) is 6.83. The highest BCUT2D eigenvalue weighted by atomic mass is 16.6. The Morgan fingerprint density at radius 2 is 1.60 bits per heavy atom. The van der Waals surface area contributed by atoms with Gasteiger partial charge in [0.2, 0.25) is 0 Å². The molecule has 30 heavy (non-hydrogen) atoms. The zero-order chi connectivity index (χ0) is 22.1. The van der Waals surface area contributed by atoms with Crippen molar-refractivity contribution in [2.75, 3.05) is 6.61 Å². The van der Waals surface area contributed by atoms with Gasteiger partial charge in [-0.05, 0) is 35.7 Å². The molecule has 0 amide bonds. The molecule has 0 saturated heterocycles. The van der Waals surface area contributed by atoms with Gasteiger partial charge in [0.15, 0.2) is 0 Å². The molecule has 6 heteroatoms. The molecule has 2 saturated carbocycles. The number of carbonyl (C=O) groups excluding carboxylic acids is 3. The van der Waals surface area contributed by atoms with E-state index in [1.54, 1.807) is 0 Å². The fourth-order valence-corrected chi connectivity index (χ4v) is 8.06. The third-order valence-electron chi connectivity index (χ3n) is 8.54. The molecule has 6 atom stereocenters. The molecule has 3 aliphatic carbocycles. The Morgan fingerprint density at radius 1 is 0.967 bits per heavy atom. The van der Waals surface area contributed by atoms with Gasteiger partial charge in [0.25, 0.3) is 0 Å². The summed E-state index contributed by atoms with van der Waals surface area (Å²) in [5.74, 6) is -0.708. The molecule has 2 fully saturated rings. The van der Waals surface area contributed by atoms with E-state index in [0.29, 0.717) is 18.4 Å². The molecule has 0 bridgehead atoms. The van der Waals surface area contributed by atoms with Gasteiger partial charge < -0.3 is 14.2 Å². The number of fused-ring (bicyclic) bond motifs is 4. The number of hydrogen-bond acceptors (Lipinski definition) is 6. The Labute approximate surface area is 178 Å². The lowest BCUT2D eigenvalue weighted by Crippen LogP contribution is -2.65. The summed E-state index contributed by atoms with van der Waals surface area (Å²) in [7, 11) is 0. The van der Waals surface area contributed by atoms with E-state index in [4.69, 9.17) is 14.2 Å². The maximum Gasteiger partial charge on any atom is 0.334 e. The maximum absolute atomic E-state index is 12.5. The first kappa shape index (κ1) is 21.4. The summed E-state index contributed by atoms with van der Waals surface area (Å²) in [4.78, 5) is 36.6. The van der Waals surface area contributed by atoms with Crippen LogP contribution < -0.4 is 0 Å². The molecule has 6 nitrogen and oxygen atoms in total. The molecule has 166 valence electrons. The fraction of sp³-hybridized carbons (Fsp3) is 0.792. The first-order valence-corrected chi connectivity index (χ1v) is 11.1. The average molecular weight is 419 g/mol. The van der Waals surface area contributed by atoms with Gasteiger partial charge in [-0.2, -0.15) is 0 Å². The molecule has 1 heterocycles. The molecular formula is C24H34O6. The van der Waals surface area contributed by atoms with Gasteiger partial charge in [-0.1, -0.05) is 34.1 Å². The third-order valence-corrected chi connectivity index (χ3v) is 8.54. The number of ether oxygens (including phenoxy) is 3. The van der Waals surface area contributed by atoms with Crippen LogP contribution in [-0.4, -0.2) is 36.7 Å². The Hall–Kier alpha value is -1.85. The highest BCUT2D eigenvalue weighted by molar-refractivity contribution is 5.92. The van der Waals surface area contributed by atoms with Crippen molar-refractivity contribution in [2.24, 2.45) is 28.1 Å². The Kier molecular flexibility index (Phi) is 4.87. The zero-order valence-corrected chi connectivity index (χ0v) is 19.0. The van der Waals surface area contributed by atoms with Gasteiger partial charge in [0.05, 0.1) is 0 Å². The van der Waals surface area contributed by atoms with Gasteiger partial charge in [-0.15, -0.1) is 0 Å². The number of hydrogen-bond donors (Lipinski definition) is 0. The number of cyclic esters (lactones) is 1. The van der Waals surface area contributed by atoms with Crippen LogP contribution in [0.3, 0.4) is 0 Å². The zero-order valence-electron chi connectivity index (χ0n) is 19.0. The highest BCUT2D eigenvalue weighted by Gasteiger charge is 2.68. The van der Waals surface area contributed by atoms with Gasteiger partial charge in [-0.25, -0.2) is 4.79 Å². The van der Waals surface area contributed by atoms with Crippen molar-refractivity contribution in [3.8, 4) is 0 Å². The highest BCUT2D eigenvalue weighted by Crippen LogP contribution is 2.69. The number of rotatable bonds is 2. The van der Waals surface area contributed by atoms with E-state index in [1.807, 2.05) is 0 Å². The summed E-state index contributed by atoms with van der Waals surface area (Å²) >= 11 is 0. The van der Waals surface area contributed by atoms with E-state index >= 15 is 0 Å². The molecule has 0 radical (unpaired) electrons. The van der Waals surface area contributed by atoms with Gasteiger partial charge in [0.1, 0.15) is 18.8 Å². The summed E-state index contributed by atoms with van der Waals surface area (Å²) in [6.07, 6.45) is 3.54. The van der Waals surface area contributed by atoms with Crippen LogP contribution in [-0.2, 0) is 28.6 Å². The normalized spacial score (nSPS) is 41.9. The minimum absolute atomic E-state index is 0.00806. The smallest absolute Gasteiger partial charge is 0.334 e. The van der Waals surface area contributed by atoms with Crippen molar-refractivity contribution in [2.45, 2.75) is 85.9 Å². The van der Waals surface area contributed by atoms with E-state index in [1.165, 1.54) is 13.8 Å². The lowest BCUT2D eigenvalue weighted by atomic mass is 9.39. The second-order valence-corrected chi connectivity index (χ2v) is 11.0. The molecule has 0 aromatic carbocycles. The quantitative estimate of drug-likeness (QED) is 0.499. The lowest BCUT2D eigenvalue weighted by Gasteiger charge is -2.66. The first-order chi connectivity index (χ1) is 13.9. The molecule has 0 unspecified atom stereocenters. The SMILES string of the molecule is CC(=O)O[C@H]1CC2=C(COC2=O)[C@]2(C)C[C@H](OC(C)=O)[C@H]3C(C)(C)CCC[C@]3(C)[C@@H]12. The molecule has 0 aromatic heterocycles. The van der Waals surface area contributed by atoms with Crippen LogP contribution in [0, 0.1) is 28.1 Å². The topological polar surface area (TPSA) is 78.9 Å². The van der Waals surface area contributed by atoms with E-state index < -0.39 is 5.41 Å². The van der Waals surface area contributed by atoms with Crippen molar-refractivity contribution < 1.29 is 28.6 Å².